The molecule has 1 fully saturated rings. The summed E-state index contributed by atoms with van der Waals surface area (Å²) < 4.78 is 45.4. The van der Waals surface area contributed by atoms with Crippen LogP contribution in [0.1, 0.15) is 41.3 Å². The summed E-state index contributed by atoms with van der Waals surface area (Å²) in [5.41, 5.74) is 2.31. The van der Waals surface area contributed by atoms with E-state index in [2.05, 4.69) is 51.8 Å². The molecule has 1 aliphatic heterocycles. The number of likely N-dealkylation sites (tertiary alicyclic amines) is 1. The minimum atomic E-state index is -4.35. The van der Waals surface area contributed by atoms with Gasteiger partial charge >= 0.3 is 6.18 Å². The molecule has 3 aromatic carbocycles. The van der Waals surface area contributed by atoms with E-state index in [-0.39, 0.29) is 16.2 Å². The Hall–Kier alpha value is -1.90. The van der Waals surface area contributed by atoms with Crippen LogP contribution in [-0.4, -0.2) is 21.6 Å². The molecule has 1 aliphatic rings. The first-order chi connectivity index (χ1) is 14.8. The van der Waals surface area contributed by atoms with Crippen molar-refractivity contribution >= 4 is 22.6 Å². The maximum Gasteiger partial charge on any atom is 0.416 e. The van der Waals surface area contributed by atoms with Gasteiger partial charge in [-0.3, -0.25) is 4.90 Å². The number of benzene rings is 3. The molecule has 0 N–H and O–H groups in total. The topological polar surface area (TPSA) is 12.5 Å². The van der Waals surface area contributed by atoms with Crippen LogP contribution in [-0.2, 0) is 10.9 Å². The molecule has 0 amide bonds. The van der Waals surface area contributed by atoms with Crippen LogP contribution < -0.4 is 0 Å². The van der Waals surface area contributed by atoms with Crippen LogP contribution >= 0.6 is 22.6 Å². The van der Waals surface area contributed by atoms with Gasteiger partial charge in [0.15, 0.2) is 0 Å². The third-order valence-corrected chi connectivity index (χ3v) is 7.16. The Morgan fingerprint density at radius 1 is 0.871 bits per heavy atom. The van der Waals surface area contributed by atoms with Gasteiger partial charge in [0.05, 0.1) is 27.9 Å². The summed E-state index contributed by atoms with van der Waals surface area (Å²) >= 11 is 2.38. The molecule has 0 radical (unpaired) electrons. The highest BCUT2D eigenvalue weighted by molar-refractivity contribution is 14.1. The van der Waals surface area contributed by atoms with E-state index in [1.54, 1.807) is 6.07 Å². The number of rotatable bonds is 6. The van der Waals surface area contributed by atoms with Crippen molar-refractivity contribution in [2.45, 2.75) is 35.4 Å². The van der Waals surface area contributed by atoms with Crippen molar-refractivity contribution < 1.29 is 17.9 Å². The largest absolute Gasteiger partial charge is 0.416 e. The first kappa shape index (κ1) is 22.3. The van der Waals surface area contributed by atoms with E-state index in [0.717, 1.165) is 6.07 Å². The number of nitrogens with zero attached hydrogens (tertiary/aromatic N) is 1. The van der Waals surface area contributed by atoms with Gasteiger partial charge in [-0.2, -0.15) is 13.2 Å². The number of hydrogen-bond acceptors (Lipinski definition) is 2. The van der Waals surface area contributed by atoms with Crippen LogP contribution in [0.5, 0.6) is 0 Å². The van der Waals surface area contributed by atoms with E-state index in [4.69, 9.17) is 4.74 Å². The van der Waals surface area contributed by atoms with Gasteiger partial charge in [-0.25, -0.2) is 0 Å². The zero-order valence-corrected chi connectivity index (χ0v) is 19.1. The molecule has 2 nitrogen and oxygen atoms in total. The zero-order chi connectivity index (χ0) is 22.0. The fraction of sp³-hybridized carbons (Fsp3) is 0.280. The van der Waals surface area contributed by atoms with Crippen LogP contribution in [0, 0.1) is 0 Å². The molecular weight excluding hydrogens is 514 g/mol. The molecule has 0 spiro atoms. The molecular formula is C25H23F3INO. The maximum atomic E-state index is 13.0. The van der Waals surface area contributed by atoms with Gasteiger partial charge in [-0.1, -0.05) is 95.4 Å². The molecule has 0 bridgehead atoms. The first-order valence-corrected chi connectivity index (χ1v) is 11.4. The fourth-order valence-corrected chi connectivity index (χ4v) is 4.93. The van der Waals surface area contributed by atoms with Crippen molar-refractivity contribution in [3.05, 3.63) is 107 Å². The lowest BCUT2D eigenvalue weighted by Crippen LogP contribution is -2.59. The highest BCUT2D eigenvalue weighted by Crippen LogP contribution is 2.41. The number of alkyl halides is 4. The number of halogens is 4. The molecule has 1 heterocycles. The van der Waals surface area contributed by atoms with Gasteiger partial charge in [-0.05, 0) is 35.7 Å². The maximum absolute atomic E-state index is 13.0. The molecule has 1 saturated heterocycles. The molecule has 3 unspecified atom stereocenters. The minimum absolute atomic E-state index is 0.0555. The van der Waals surface area contributed by atoms with E-state index < -0.39 is 17.8 Å². The third kappa shape index (κ3) is 4.96. The van der Waals surface area contributed by atoms with Gasteiger partial charge in [0.25, 0.3) is 0 Å². The van der Waals surface area contributed by atoms with Crippen molar-refractivity contribution in [3.63, 3.8) is 0 Å². The van der Waals surface area contributed by atoms with Crippen molar-refractivity contribution in [2.24, 2.45) is 0 Å². The Kier molecular flexibility index (Phi) is 6.69. The Bertz CT molecular complexity index is 957. The van der Waals surface area contributed by atoms with Gasteiger partial charge in [-0.15, -0.1) is 0 Å². The summed E-state index contributed by atoms with van der Waals surface area (Å²) in [5, 5.41) is 0. The van der Waals surface area contributed by atoms with E-state index in [1.165, 1.54) is 23.3 Å². The van der Waals surface area contributed by atoms with E-state index in [1.807, 2.05) is 43.3 Å². The van der Waals surface area contributed by atoms with E-state index >= 15 is 0 Å². The Morgan fingerprint density at radius 3 is 1.94 bits per heavy atom. The van der Waals surface area contributed by atoms with Crippen LogP contribution in [0.2, 0.25) is 0 Å². The molecule has 3 aromatic rings. The quantitative estimate of drug-likeness (QED) is 0.191. The molecule has 0 aliphatic carbocycles. The second-order valence-electron chi connectivity index (χ2n) is 7.73. The molecule has 162 valence electrons. The van der Waals surface area contributed by atoms with Crippen LogP contribution in [0.25, 0.3) is 0 Å². The normalized spacial score (nSPS) is 20.5. The van der Waals surface area contributed by atoms with Crippen LogP contribution in [0.3, 0.4) is 0 Å². The Labute approximate surface area is 194 Å². The molecule has 31 heavy (non-hydrogen) atoms. The highest BCUT2D eigenvalue weighted by Gasteiger charge is 2.43. The van der Waals surface area contributed by atoms with Gasteiger partial charge in [0.1, 0.15) is 0 Å². The van der Waals surface area contributed by atoms with E-state index in [0.29, 0.717) is 12.1 Å². The van der Waals surface area contributed by atoms with Gasteiger partial charge < -0.3 is 4.74 Å². The highest BCUT2D eigenvalue weighted by atomic mass is 127. The van der Waals surface area contributed by atoms with Crippen molar-refractivity contribution in [3.8, 4) is 0 Å². The van der Waals surface area contributed by atoms with Gasteiger partial charge in [0, 0.05) is 6.54 Å². The lowest BCUT2D eigenvalue weighted by molar-refractivity contribution is -0.137. The molecule has 0 saturated carbocycles. The van der Waals surface area contributed by atoms with Crippen molar-refractivity contribution in [1.29, 1.82) is 0 Å². The summed E-state index contributed by atoms with van der Waals surface area (Å²) in [7, 11) is 0. The lowest BCUT2D eigenvalue weighted by Gasteiger charge is -2.49. The second kappa shape index (κ2) is 9.30. The summed E-state index contributed by atoms with van der Waals surface area (Å²) in [4.78, 5) is 2.37. The summed E-state index contributed by atoms with van der Waals surface area (Å²) in [5.74, 6) is 0. The predicted octanol–water partition coefficient (Wildman–Crippen LogP) is 7.02. The van der Waals surface area contributed by atoms with Crippen molar-refractivity contribution in [1.82, 2.24) is 4.90 Å². The third-order valence-electron chi connectivity index (χ3n) is 5.64. The van der Waals surface area contributed by atoms with Gasteiger partial charge in [0.2, 0.25) is 0 Å². The first-order valence-electron chi connectivity index (χ1n) is 10.2. The molecule has 3 atom stereocenters. The van der Waals surface area contributed by atoms with Crippen molar-refractivity contribution in [2.75, 3.05) is 6.54 Å². The summed E-state index contributed by atoms with van der Waals surface area (Å²) in [6.07, 6.45) is -4.83. The average Bonchev–Trinajstić information content (AvgIpc) is 2.79. The molecule has 6 heteroatoms. The number of ether oxygens (including phenoxy) is 1. The summed E-state index contributed by atoms with van der Waals surface area (Å²) in [6, 6.07) is 26.2. The Morgan fingerprint density at radius 2 is 1.42 bits per heavy atom. The Balaban J connectivity index is 1.48. The fourth-order valence-electron chi connectivity index (χ4n) is 3.98. The molecule has 0 aromatic heterocycles. The smallest absolute Gasteiger partial charge is 0.367 e. The average molecular weight is 537 g/mol. The number of hydrogen-bond donors (Lipinski definition) is 0. The molecule has 4 rings (SSSR count). The van der Waals surface area contributed by atoms with Crippen LogP contribution in [0.4, 0.5) is 13.2 Å². The lowest BCUT2D eigenvalue weighted by atomic mass is 9.93. The summed E-state index contributed by atoms with van der Waals surface area (Å²) in [6.45, 7) is 2.53. The predicted molar refractivity (Wildman–Crippen MR) is 124 cm³/mol. The second-order valence-corrected chi connectivity index (χ2v) is 9.01. The van der Waals surface area contributed by atoms with E-state index in [9.17, 15) is 13.2 Å². The van der Waals surface area contributed by atoms with Crippen LogP contribution in [0.15, 0.2) is 84.9 Å². The SMILES string of the molecule is CC(OC1CN(C(c2ccccc2)c2ccccc2)C1I)c1cccc(C(F)(F)F)c1. The monoisotopic (exact) mass is 537 g/mol. The minimum Gasteiger partial charge on any atom is -0.367 e. The standard InChI is InChI=1S/C25H23F3INO/c1-17(20-13-8-14-21(15-20)25(26,27)28)31-22-16-30(24(22)29)23(18-9-4-2-5-10-18)19-11-6-3-7-12-19/h2-15,17,22-24H,16H2,1H3. The zero-order valence-electron chi connectivity index (χ0n) is 17.0.